The van der Waals surface area contributed by atoms with E-state index in [0.717, 1.165) is 18.0 Å². The minimum atomic E-state index is -0.0226. The maximum atomic E-state index is 8.84. The Morgan fingerprint density at radius 3 is 2.79 bits per heavy atom. The van der Waals surface area contributed by atoms with Crippen LogP contribution in [-0.4, -0.2) is 17.3 Å². The van der Waals surface area contributed by atoms with Crippen LogP contribution in [0.1, 0.15) is 25.1 Å². The van der Waals surface area contributed by atoms with Crippen LogP contribution < -0.4 is 5.32 Å². The molecule has 14 heavy (non-hydrogen) atoms. The van der Waals surface area contributed by atoms with E-state index in [1.54, 1.807) is 11.3 Å². The fourth-order valence-electron chi connectivity index (χ4n) is 1.14. The van der Waals surface area contributed by atoms with E-state index in [4.69, 9.17) is 16.7 Å². The summed E-state index contributed by atoms with van der Waals surface area (Å²) in [5, 5.41) is 15.0. The van der Waals surface area contributed by atoms with Crippen LogP contribution in [0.15, 0.2) is 11.4 Å². The Morgan fingerprint density at radius 2 is 2.29 bits per heavy atom. The number of aliphatic hydroxyl groups is 1. The average molecular weight is 234 g/mol. The molecule has 80 valence electrons. The average Bonchev–Trinajstić information content (AvgIpc) is 2.48. The van der Waals surface area contributed by atoms with Gasteiger partial charge in [-0.1, -0.05) is 11.6 Å². The van der Waals surface area contributed by atoms with Gasteiger partial charge in [-0.25, -0.2) is 0 Å². The van der Waals surface area contributed by atoms with Gasteiger partial charge in [-0.2, -0.15) is 0 Å². The van der Waals surface area contributed by atoms with E-state index in [2.05, 4.69) is 19.2 Å². The molecule has 0 spiro atoms. The molecule has 0 aliphatic heterocycles. The monoisotopic (exact) mass is 233 g/mol. The predicted molar refractivity (Wildman–Crippen MR) is 62.0 cm³/mol. The van der Waals surface area contributed by atoms with Gasteiger partial charge in [0.15, 0.2) is 0 Å². The Kier molecular flexibility index (Phi) is 4.38. The molecule has 1 rings (SSSR count). The fourth-order valence-corrected chi connectivity index (χ4v) is 2.15. The van der Waals surface area contributed by atoms with Crippen LogP contribution in [0, 0.1) is 0 Å². The zero-order valence-electron chi connectivity index (χ0n) is 8.51. The molecule has 0 atom stereocenters. The van der Waals surface area contributed by atoms with Crippen LogP contribution >= 0.6 is 22.9 Å². The molecule has 0 saturated heterocycles. The largest absolute Gasteiger partial charge is 0.396 e. The first-order valence-electron chi connectivity index (χ1n) is 4.62. The van der Waals surface area contributed by atoms with Gasteiger partial charge < -0.3 is 10.4 Å². The smallest absolute Gasteiger partial charge is 0.0516 e. The summed E-state index contributed by atoms with van der Waals surface area (Å²) in [7, 11) is 0. The van der Waals surface area contributed by atoms with E-state index in [1.807, 2.05) is 11.4 Å². The summed E-state index contributed by atoms with van der Waals surface area (Å²) in [4.78, 5) is 1.22. The molecule has 0 saturated carbocycles. The molecule has 1 aromatic heterocycles. The van der Waals surface area contributed by atoms with Gasteiger partial charge in [-0.3, -0.25) is 0 Å². The van der Waals surface area contributed by atoms with Crippen LogP contribution in [-0.2, 0) is 6.54 Å². The molecule has 0 aliphatic rings. The van der Waals surface area contributed by atoms with Crippen molar-refractivity contribution in [2.45, 2.75) is 32.4 Å². The third-order valence-electron chi connectivity index (χ3n) is 2.10. The topological polar surface area (TPSA) is 32.3 Å². The van der Waals surface area contributed by atoms with Crippen molar-refractivity contribution in [3.63, 3.8) is 0 Å². The van der Waals surface area contributed by atoms with Crippen molar-refractivity contribution < 1.29 is 5.11 Å². The molecule has 0 fully saturated rings. The summed E-state index contributed by atoms with van der Waals surface area (Å²) < 4.78 is 0. The van der Waals surface area contributed by atoms with Crippen LogP contribution in [0.5, 0.6) is 0 Å². The maximum Gasteiger partial charge on any atom is 0.0516 e. The molecule has 2 nitrogen and oxygen atoms in total. The molecule has 2 N–H and O–H groups in total. The lowest BCUT2D eigenvalue weighted by Gasteiger charge is -2.25. The van der Waals surface area contributed by atoms with Gasteiger partial charge in [0.05, 0.1) is 5.02 Å². The maximum absolute atomic E-state index is 8.84. The zero-order chi connectivity index (χ0) is 10.6. The lowest BCUT2D eigenvalue weighted by molar-refractivity contribution is 0.230. The SMILES string of the molecule is CC(C)(CCO)NCc1cc(Cl)cs1. The second kappa shape index (κ2) is 5.12. The van der Waals surface area contributed by atoms with Crippen molar-refractivity contribution in [2.75, 3.05) is 6.61 Å². The van der Waals surface area contributed by atoms with Gasteiger partial charge in [-0.15, -0.1) is 11.3 Å². The molecule has 0 unspecified atom stereocenters. The second-order valence-corrected chi connectivity index (χ2v) is 5.37. The highest BCUT2D eigenvalue weighted by Gasteiger charge is 2.15. The number of hydrogen-bond acceptors (Lipinski definition) is 3. The van der Waals surface area contributed by atoms with E-state index in [9.17, 15) is 0 Å². The summed E-state index contributed by atoms with van der Waals surface area (Å²) >= 11 is 7.47. The highest BCUT2D eigenvalue weighted by molar-refractivity contribution is 7.10. The Morgan fingerprint density at radius 1 is 1.57 bits per heavy atom. The Bertz CT molecular complexity index is 285. The van der Waals surface area contributed by atoms with Crippen molar-refractivity contribution in [3.8, 4) is 0 Å². The van der Waals surface area contributed by atoms with Gasteiger partial charge >= 0.3 is 0 Å². The first-order chi connectivity index (χ1) is 6.53. The van der Waals surface area contributed by atoms with Crippen LogP contribution in [0.2, 0.25) is 5.02 Å². The minimum Gasteiger partial charge on any atom is -0.396 e. The minimum absolute atomic E-state index is 0.0226. The molecule has 0 aliphatic carbocycles. The highest BCUT2D eigenvalue weighted by Crippen LogP contribution is 2.19. The molecular formula is C10H16ClNOS. The number of nitrogens with one attached hydrogen (secondary N) is 1. The lowest BCUT2D eigenvalue weighted by atomic mass is 10.0. The number of rotatable bonds is 5. The van der Waals surface area contributed by atoms with E-state index in [0.29, 0.717) is 0 Å². The van der Waals surface area contributed by atoms with Crippen LogP contribution in [0.3, 0.4) is 0 Å². The zero-order valence-corrected chi connectivity index (χ0v) is 10.1. The lowest BCUT2D eigenvalue weighted by Crippen LogP contribution is -2.39. The summed E-state index contributed by atoms with van der Waals surface area (Å²) in [6.45, 7) is 5.19. The summed E-state index contributed by atoms with van der Waals surface area (Å²) in [6, 6.07) is 1.97. The molecular weight excluding hydrogens is 218 g/mol. The number of halogens is 1. The van der Waals surface area contributed by atoms with Gasteiger partial charge in [0.25, 0.3) is 0 Å². The summed E-state index contributed by atoms with van der Waals surface area (Å²) in [5.41, 5.74) is -0.0226. The Labute approximate surface area is 93.9 Å². The Balaban J connectivity index is 2.40. The normalized spacial score (nSPS) is 12.0. The van der Waals surface area contributed by atoms with E-state index >= 15 is 0 Å². The van der Waals surface area contributed by atoms with E-state index < -0.39 is 0 Å². The van der Waals surface area contributed by atoms with Crippen LogP contribution in [0.25, 0.3) is 0 Å². The van der Waals surface area contributed by atoms with Crippen LogP contribution in [0.4, 0.5) is 0 Å². The third-order valence-corrected chi connectivity index (χ3v) is 3.38. The second-order valence-electron chi connectivity index (χ2n) is 3.94. The van der Waals surface area contributed by atoms with Crippen molar-refractivity contribution in [3.05, 3.63) is 21.3 Å². The fraction of sp³-hybridized carbons (Fsp3) is 0.600. The predicted octanol–water partition coefficient (Wildman–Crippen LogP) is 2.65. The molecule has 0 radical (unpaired) electrons. The van der Waals surface area contributed by atoms with Gasteiger partial charge in [-0.05, 0) is 26.3 Å². The third kappa shape index (κ3) is 3.96. The number of thiophene rings is 1. The van der Waals surface area contributed by atoms with Crippen molar-refractivity contribution in [1.29, 1.82) is 0 Å². The van der Waals surface area contributed by atoms with Gasteiger partial charge in [0, 0.05) is 28.9 Å². The van der Waals surface area contributed by atoms with E-state index in [1.165, 1.54) is 4.88 Å². The molecule has 4 heteroatoms. The molecule has 0 amide bonds. The molecule has 1 heterocycles. The highest BCUT2D eigenvalue weighted by atomic mass is 35.5. The van der Waals surface area contributed by atoms with Crippen molar-refractivity contribution in [1.82, 2.24) is 5.32 Å². The van der Waals surface area contributed by atoms with Gasteiger partial charge in [0.1, 0.15) is 0 Å². The molecule has 1 aromatic rings. The summed E-state index contributed by atoms with van der Waals surface area (Å²) in [6.07, 6.45) is 0.756. The molecule has 0 aromatic carbocycles. The quantitative estimate of drug-likeness (QED) is 0.820. The van der Waals surface area contributed by atoms with Gasteiger partial charge in [0.2, 0.25) is 0 Å². The first kappa shape index (κ1) is 12.0. The first-order valence-corrected chi connectivity index (χ1v) is 5.88. The van der Waals surface area contributed by atoms with Crippen molar-refractivity contribution >= 4 is 22.9 Å². The summed E-state index contributed by atoms with van der Waals surface area (Å²) in [5.74, 6) is 0. The molecule has 0 bridgehead atoms. The van der Waals surface area contributed by atoms with E-state index in [-0.39, 0.29) is 12.1 Å². The number of hydrogen-bond donors (Lipinski definition) is 2. The standard InChI is InChI=1S/C10H16ClNOS/c1-10(2,3-4-13)12-6-9-5-8(11)7-14-9/h5,7,12-13H,3-4,6H2,1-2H3. The number of aliphatic hydroxyl groups excluding tert-OH is 1. The Hall–Kier alpha value is -0.0900. The van der Waals surface area contributed by atoms with Crippen molar-refractivity contribution in [2.24, 2.45) is 0 Å².